The van der Waals surface area contributed by atoms with E-state index in [-0.39, 0.29) is 5.78 Å². The van der Waals surface area contributed by atoms with Crippen LogP contribution in [0.4, 0.5) is 0 Å². The van der Waals surface area contributed by atoms with Crippen molar-refractivity contribution in [2.24, 2.45) is 0 Å². The number of rotatable bonds is 16. The fourth-order valence-corrected chi connectivity index (χ4v) is 4.45. The maximum Gasteiger partial charge on any atom is 0.174 e. The Morgan fingerprint density at radius 1 is 1.00 bits per heavy atom. The topological polar surface area (TPSA) is 41.1 Å². The van der Waals surface area contributed by atoms with Gasteiger partial charge in [0, 0.05) is 37.6 Å². The quantitative estimate of drug-likeness (QED) is 0.179. The van der Waals surface area contributed by atoms with Gasteiger partial charge in [-0.25, -0.2) is 0 Å². The zero-order valence-electron chi connectivity index (χ0n) is 16.2. The van der Waals surface area contributed by atoms with Crippen LogP contribution in [0.3, 0.4) is 0 Å². The van der Waals surface area contributed by atoms with E-state index in [0.717, 1.165) is 42.0 Å². The molecule has 0 bridgehead atoms. The van der Waals surface area contributed by atoms with Gasteiger partial charge in [-0.05, 0) is 49.8 Å². The molecule has 0 saturated heterocycles. The highest BCUT2D eigenvalue weighted by Crippen LogP contribution is 2.22. The Kier molecular flexibility index (Phi) is 22.4. The van der Waals surface area contributed by atoms with Crippen LogP contribution in [0.5, 0.6) is 0 Å². The van der Waals surface area contributed by atoms with Crippen LogP contribution in [-0.2, 0) is 0 Å². The molecule has 0 atom stereocenters. The van der Waals surface area contributed by atoms with Crippen molar-refractivity contribution < 1.29 is 4.79 Å². The molecule has 1 aromatic heterocycles. The number of Topliss-reactive ketones (excluding diaryl/α,β-unsaturated/α-hetero) is 1. The Labute approximate surface area is 191 Å². The second kappa shape index (κ2) is 21.6. The van der Waals surface area contributed by atoms with Gasteiger partial charge in [-0.3, -0.25) is 4.79 Å². The van der Waals surface area contributed by atoms with Gasteiger partial charge in [0.25, 0.3) is 0 Å². The molecule has 0 spiro atoms. The number of carbonyl (C=O) groups excluding carboxylic acids is 1. The molecular formula is C18H32Cl2N2OS4. The lowest BCUT2D eigenvalue weighted by molar-refractivity contribution is 0.0986. The zero-order valence-corrected chi connectivity index (χ0v) is 21.0. The molecule has 2 N–H and O–H groups in total. The molecule has 158 valence electrons. The fraction of sp³-hybridized carbons (Fsp3) is 0.722. The van der Waals surface area contributed by atoms with Crippen LogP contribution in [0.2, 0.25) is 4.34 Å². The van der Waals surface area contributed by atoms with Gasteiger partial charge in [0.2, 0.25) is 0 Å². The van der Waals surface area contributed by atoms with E-state index in [1.165, 1.54) is 35.7 Å². The second-order valence-corrected chi connectivity index (χ2v) is 10.9. The predicted molar refractivity (Wildman–Crippen MR) is 133 cm³/mol. The first kappa shape index (κ1) is 27.9. The highest BCUT2D eigenvalue weighted by atomic mass is 35.5. The summed E-state index contributed by atoms with van der Waals surface area (Å²) in [5.74, 6) is 3.67. The molecule has 0 aliphatic heterocycles. The minimum absolute atomic E-state index is 0.170. The summed E-state index contributed by atoms with van der Waals surface area (Å²) in [5, 5.41) is 7.36. The lowest BCUT2D eigenvalue weighted by atomic mass is 10.2. The van der Waals surface area contributed by atoms with E-state index in [4.69, 9.17) is 23.2 Å². The lowest BCUT2D eigenvalue weighted by Crippen LogP contribution is -2.20. The molecule has 1 rings (SSSR count). The number of thiophene rings is 1. The zero-order chi connectivity index (χ0) is 20.2. The number of halogens is 2. The average Bonchev–Trinajstić information content (AvgIpc) is 3.11. The van der Waals surface area contributed by atoms with E-state index >= 15 is 0 Å². The van der Waals surface area contributed by atoms with Crippen LogP contribution >= 0.6 is 69.8 Å². The highest BCUT2D eigenvalue weighted by Gasteiger charge is 2.07. The Hall–Kier alpha value is 0.920. The van der Waals surface area contributed by atoms with Gasteiger partial charge in [-0.2, -0.15) is 23.5 Å². The first-order chi connectivity index (χ1) is 13.2. The minimum Gasteiger partial charge on any atom is -0.316 e. The first-order valence-corrected chi connectivity index (χ1v) is 14.6. The van der Waals surface area contributed by atoms with Crippen molar-refractivity contribution in [1.82, 2.24) is 10.6 Å². The van der Waals surface area contributed by atoms with Crippen molar-refractivity contribution in [2.75, 3.05) is 61.2 Å². The lowest BCUT2D eigenvalue weighted by Gasteiger charge is -2.02. The number of hydrogen-bond acceptors (Lipinski definition) is 7. The van der Waals surface area contributed by atoms with Crippen LogP contribution in [0.25, 0.3) is 0 Å². The SMILES string of the molecule is CSCCNCCC(=O)c1ccc(Cl)s1.CSCCNCCCCSCCl. The predicted octanol–water partition coefficient (Wildman–Crippen LogP) is 5.58. The summed E-state index contributed by atoms with van der Waals surface area (Å²) in [7, 11) is 0. The second-order valence-electron chi connectivity index (χ2n) is 5.49. The van der Waals surface area contributed by atoms with Gasteiger partial charge in [0.15, 0.2) is 5.78 Å². The van der Waals surface area contributed by atoms with Crippen molar-refractivity contribution in [3.8, 4) is 0 Å². The third kappa shape index (κ3) is 18.7. The van der Waals surface area contributed by atoms with Crippen molar-refractivity contribution in [3.63, 3.8) is 0 Å². The molecule has 27 heavy (non-hydrogen) atoms. The highest BCUT2D eigenvalue weighted by molar-refractivity contribution is 8.00. The van der Waals surface area contributed by atoms with Gasteiger partial charge in [0.05, 0.1) is 14.4 Å². The van der Waals surface area contributed by atoms with Crippen molar-refractivity contribution in [2.45, 2.75) is 19.3 Å². The molecular weight excluding hydrogens is 459 g/mol. The number of nitrogens with one attached hydrogen (secondary N) is 2. The van der Waals surface area contributed by atoms with Gasteiger partial charge in [0.1, 0.15) is 0 Å². The fourth-order valence-electron chi connectivity index (χ4n) is 1.90. The molecule has 0 radical (unpaired) electrons. The number of alkyl halides is 1. The molecule has 1 aromatic rings. The number of unbranched alkanes of at least 4 members (excludes halogenated alkanes) is 1. The molecule has 0 aliphatic carbocycles. The van der Waals surface area contributed by atoms with Crippen LogP contribution in [-0.4, -0.2) is 66.9 Å². The Balaban J connectivity index is 0.000000516. The standard InChI is InChI=1S/C10H14ClNOS2.C8H18ClNS2/c1-14-7-6-12-5-4-8(13)9-2-3-10(11)15-9;1-11-7-5-10-4-2-3-6-12-8-9/h2-3,12H,4-7H2,1H3;10H,2-8H2,1H3. The van der Waals surface area contributed by atoms with Crippen LogP contribution in [0, 0.1) is 0 Å². The van der Waals surface area contributed by atoms with Gasteiger partial charge < -0.3 is 10.6 Å². The number of ketones is 1. The van der Waals surface area contributed by atoms with E-state index in [1.807, 2.05) is 23.5 Å². The van der Waals surface area contributed by atoms with E-state index in [2.05, 4.69) is 23.1 Å². The van der Waals surface area contributed by atoms with Crippen LogP contribution in [0.1, 0.15) is 28.9 Å². The maximum absolute atomic E-state index is 11.6. The minimum atomic E-state index is 0.170. The van der Waals surface area contributed by atoms with E-state index in [9.17, 15) is 4.79 Å². The summed E-state index contributed by atoms with van der Waals surface area (Å²) in [4.78, 5) is 12.4. The van der Waals surface area contributed by atoms with E-state index in [0.29, 0.717) is 10.8 Å². The van der Waals surface area contributed by atoms with E-state index in [1.54, 1.807) is 23.9 Å². The molecule has 0 fully saturated rings. The number of carbonyl (C=O) groups is 1. The maximum atomic E-state index is 11.6. The smallest absolute Gasteiger partial charge is 0.174 e. The Morgan fingerprint density at radius 3 is 2.22 bits per heavy atom. The van der Waals surface area contributed by atoms with Crippen LogP contribution < -0.4 is 10.6 Å². The third-order valence-electron chi connectivity index (χ3n) is 3.31. The molecule has 3 nitrogen and oxygen atoms in total. The van der Waals surface area contributed by atoms with Gasteiger partial charge >= 0.3 is 0 Å². The van der Waals surface area contributed by atoms with Gasteiger partial charge in [-0.15, -0.1) is 34.7 Å². The monoisotopic (exact) mass is 490 g/mol. The molecule has 0 unspecified atom stereocenters. The summed E-state index contributed by atoms with van der Waals surface area (Å²) < 4.78 is 0.675. The molecule has 0 saturated carbocycles. The largest absolute Gasteiger partial charge is 0.316 e. The summed E-state index contributed by atoms with van der Waals surface area (Å²) in [6.45, 7) is 4.00. The van der Waals surface area contributed by atoms with Crippen LogP contribution in [0.15, 0.2) is 12.1 Å². The summed E-state index contributed by atoms with van der Waals surface area (Å²) in [6, 6.07) is 3.55. The summed E-state index contributed by atoms with van der Waals surface area (Å²) >= 11 is 18.1. The van der Waals surface area contributed by atoms with Crippen molar-refractivity contribution in [1.29, 1.82) is 0 Å². The van der Waals surface area contributed by atoms with Gasteiger partial charge in [-0.1, -0.05) is 11.6 Å². The molecule has 0 aliphatic rings. The molecule has 9 heteroatoms. The Bertz CT molecular complexity index is 454. The van der Waals surface area contributed by atoms with Crippen molar-refractivity contribution in [3.05, 3.63) is 21.3 Å². The molecule has 0 amide bonds. The average molecular weight is 492 g/mol. The molecule has 0 aromatic carbocycles. The first-order valence-electron chi connectivity index (χ1n) is 8.97. The summed E-state index contributed by atoms with van der Waals surface area (Å²) in [5.41, 5.74) is 0. The number of thioether (sulfide) groups is 3. The normalized spacial score (nSPS) is 10.5. The molecule has 1 heterocycles. The number of hydrogen-bond donors (Lipinski definition) is 2. The van der Waals surface area contributed by atoms with E-state index < -0.39 is 0 Å². The summed E-state index contributed by atoms with van der Waals surface area (Å²) in [6.07, 6.45) is 7.31. The Morgan fingerprint density at radius 2 is 1.67 bits per heavy atom. The van der Waals surface area contributed by atoms with Crippen molar-refractivity contribution >= 4 is 75.6 Å². The third-order valence-corrected chi connectivity index (χ3v) is 7.00.